The Morgan fingerprint density at radius 2 is 1.67 bits per heavy atom. The minimum atomic E-state index is -0.372. The molecule has 1 amide bonds. The summed E-state index contributed by atoms with van der Waals surface area (Å²) in [6.45, 7) is 8.70. The number of fused-ring (bicyclic) bond motifs is 5. The Labute approximate surface area is 165 Å². The van der Waals surface area contributed by atoms with Crippen molar-refractivity contribution in [3.63, 3.8) is 0 Å². The van der Waals surface area contributed by atoms with Crippen LogP contribution in [-0.2, 0) is 4.79 Å². The van der Waals surface area contributed by atoms with Crippen LogP contribution in [0.1, 0.15) is 56.8 Å². The lowest BCUT2D eigenvalue weighted by Gasteiger charge is -2.38. The van der Waals surface area contributed by atoms with Gasteiger partial charge in [-0.25, -0.2) is 5.01 Å². The van der Waals surface area contributed by atoms with Crippen LogP contribution >= 0.6 is 11.6 Å². The fourth-order valence-electron chi connectivity index (χ4n) is 5.30. The van der Waals surface area contributed by atoms with Crippen molar-refractivity contribution in [3.8, 4) is 0 Å². The van der Waals surface area contributed by atoms with E-state index in [9.17, 15) is 4.79 Å². The first-order valence-electron chi connectivity index (χ1n) is 9.46. The number of nitrogens with zero attached hydrogens (tertiary/aromatic N) is 2. The molecule has 3 aliphatic rings. The first kappa shape index (κ1) is 17.0. The first-order valence-corrected chi connectivity index (χ1v) is 9.83. The lowest BCUT2D eigenvalue weighted by molar-refractivity contribution is -0.145. The monoisotopic (exact) mass is 378 g/mol. The maximum atomic E-state index is 13.0. The Hall–Kier alpha value is -2.10. The average Bonchev–Trinajstić information content (AvgIpc) is 3.15. The van der Waals surface area contributed by atoms with Crippen LogP contribution in [0.5, 0.6) is 0 Å². The maximum absolute atomic E-state index is 13.0. The number of benzene rings is 2. The Morgan fingerprint density at radius 1 is 1.00 bits per heavy atom. The fraction of sp³-hybridized carbons (Fsp3) is 0.348. The fourth-order valence-corrected chi connectivity index (χ4v) is 5.43. The zero-order valence-corrected chi connectivity index (χ0v) is 16.8. The van der Waals surface area contributed by atoms with Crippen LogP contribution in [-0.4, -0.2) is 27.0 Å². The topological polar surface area (TPSA) is 23.6 Å². The number of hydrogen-bond donors (Lipinski definition) is 0. The zero-order chi connectivity index (χ0) is 19.1. The summed E-state index contributed by atoms with van der Waals surface area (Å²) in [4.78, 5) is 13.0. The van der Waals surface area contributed by atoms with Gasteiger partial charge in [-0.05, 0) is 67.7 Å². The van der Waals surface area contributed by atoms with E-state index in [1.807, 2.05) is 17.1 Å². The highest BCUT2D eigenvalue weighted by Gasteiger charge is 2.63. The van der Waals surface area contributed by atoms with E-state index >= 15 is 0 Å². The minimum Gasteiger partial charge on any atom is -0.273 e. The van der Waals surface area contributed by atoms with Gasteiger partial charge in [0.25, 0.3) is 0 Å². The molecule has 4 heteroatoms. The number of carbonyl (C=O) groups is 1. The van der Waals surface area contributed by atoms with Gasteiger partial charge in [0.1, 0.15) is 0 Å². The predicted molar refractivity (Wildman–Crippen MR) is 108 cm³/mol. The molecule has 5 rings (SSSR count). The molecule has 1 unspecified atom stereocenters. The van der Waals surface area contributed by atoms with Crippen LogP contribution in [0.2, 0.25) is 5.02 Å². The predicted octanol–water partition coefficient (Wildman–Crippen LogP) is 5.22. The molecule has 0 bridgehead atoms. The molecule has 2 aromatic carbocycles. The van der Waals surface area contributed by atoms with Crippen LogP contribution in [0.3, 0.4) is 0 Å². The van der Waals surface area contributed by atoms with E-state index in [1.165, 1.54) is 22.3 Å². The van der Waals surface area contributed by atoms with Gasteiger partial charge >= 0.3 is 0 Å². The summed E-state index contributed by atoms with van der Waals surface area (Å²) in [6, 6.07) is 16.8. The van der Waals surface area contributed by atoms with E-state index in [0.717, 1.165) is 10.6 Å². The van der Waals surface area contributed by atoms with Crippen LogP contribution in [0.4, 0.5) is 0 Å². The molecule has 0 spiro atoms. The second-order valence-electron chi connectivity index (χ2n) is 8.88. The number of halogens is 1. The van der Waals surface area contributed by atoms with Gasteiger partial charge in [-0.1, -0.05) is 48.0 Å². The normalized spacial score (nSPS) is 25.0. The Morgan fingerprint density at radius 3 is 2.37 bits per heavy atom. The van der Waals surface area contributed by atoms with Gasteiger partial charge in [0.2, 0.25) is 5.91 Å². The highest BCUT2D eigenvalue weighted by Crippen LogP contribution is 2.61. The van der Waals surface area contributed by atoms with Crippen LogP contribution in [0.15, 0.2) is 54.1 Å². The molecule has 0 N–H and O–H groups in total. The largest absolute Gasteiger partial charge is 0.273 e. The van der Waals surface area contributed by atoms with E-state index in [0.29, 0.717) is 6.42 Å². The van der Waals surface area contributed by atoms with Crippen LogP contribution in [0.25, 0.3) is 5.57 Å². The van der Waals surface area contributed by atoms with Gasteiger partial charge in [0.05, 0.1) is 11.6 Å². The van der Waals surface area contributed by atoms with Gasteiger partial charge in [0.15, 0.2) is 0 Å². The number of hydrazine groups is 1. The molecule has 0 aromatic heterocycles. The van der Waals surface area contributed by atoms with Crippen molar-refractivity contribution in [1.29, 1.82) is 0 Å². The zero-order valence-electron chi connectivity index (χ0n) is 16.1. The van der Waals surface area contributed by atoms with Crippen molar-refractivity contribution in [2.45, 2.75) is 51.2 Å². The minimum absolute atomic E-state index is 0.100. The molecule has 3 nitrogen and oxygen atoms in total. The molecular formula is C23H23ClN2O. The van der Waals surface area contributed by atoms with Gasteiger partial charge in [-0.15, -0.1) is 0 Å². The molecule has 2 saturated heterocycles. The van der Waals surface area contributed by atoms with Crippen molar-refractivity contribution in [2.75, 3.05) is 0 Å². The number of hydrogen-bond acceptors (Lipinski definition) is 2. The van der Waals surface area contributed by atoms with Crippen LogP contribution < -0.4 is 0 Å². The van der Waals surface area contributed by atoms with Crippen molar-refractivity contribution in [1.82, 2.24) is 10.0 Å². The third-order valence-corrected chi connectivity index (χ3v) is 6.54. The summed E-state index contributed by atoms with van der Waals surface area (Å²) in [6.07, 6.45) is 0.554. The van der Waals surface area contributed by atoms with Gasteiger partial charge in [-0.3, -0.25) is 9.80 Å². The van der Waals surface area contributed by atoms with Gasteiger partial charge in [-0.2, -0.15) is 0 Å². The van der Waals surface area contributed by atoms with E-state index in [4.69, 9.17) is 11.6 Å². The molecular weight excluding hydrogens is 356 g/mol. The number of amides is 1. The third kappa shape index (κ3) is 2.10. The maximum Gasteiger partial charge on any atom is 0.239 e. The lowest BCUT2D eigenvalue weighted by Crippen LogP contribution is -2.49. The summed E-state index contributed by atoms with van der Waals surface area (Å²) < 4.78 is 0. The van der Waals surface area contributed by atoms with Crippen molar-refractivity contribution < 1.29 is 4.79 Å². The second kappa shape index (κ2) is 5.24. The summed E-state index contributed by atoms with van der Waals surface area (Å²) >= 11 is 6.14. The van der Waals surface area contributed by atoms with Crippen molar-refractivity contribution in [2.24, 2.45) is 0 Å². The Kier molecular flexibility index (Phi) is 3.31. The van der Waals surface area contributed by atoms with Crippen molar-refractivity contribution in [3.05, 3.63) is 75.8 Å². The van der Waals surface area contributed by atoms with Crippen LogP contribution in [0, 0.1) is 0 Å². The molecule has 2 fully saturated rings. The lowest BCUT2D eigenvalue weighted by atomic mass is 9.85. The molecule has 2 aliphatic heterocycles. The third-order valence-electron chi connectivity index (χ3n) is 6.29. The molecule has 0 radical (unpaired) electrons. The molecule has 2 heterocycles. The highest BCUT2D eigenvalue weighted by atomic mass is 35.5. The average molecular weight is 379 g/mol. The van der Waals surface area contributed by atoms with Gasteiger partial charge < -0.3 is 0 Å². The molecule has 2 aromatic rings. The molecule has 138 valence electrons. The van der Waals surface area contributed by atoms with E-state index < -0.39 is 0 Å². The quantitative estimate of drug-likeness (QED) is 0.679. The summed E-state index contributed by atoms with van der Waals surface area (Å²) in [5, 5.41) is 5.07. The highest BCUT2D eigenvalue weighted by molar-refractivity contribution is 6.30. The van der Waals surface area contributed by atoms with E-state index in [1.54, 1.807) is 0 Å². The smallest absolute Gasteiger partial charge is 0.239 e. The second-order valence-corrected chi connectivity index (χ2v) is 9.32. The standard InChI is InChI=1S/C23H23ClN2O/c1-22(2)13-18(27)25-23(3,4)20-19(14-9-11-15(24)12-10-14)16-7-5-6-8-17(16)21(20)26(22)25/h5-12,21H,13H2,1-4H3. The Balaban J connectivity index is 1.83. The summed E-state index contributed by atoms with van der Waals surface area (Å²) in [5.41, 5.74) is 5.69. The molecule has 1 aliphatic carbocycles. The number of rotatable bonds is 1. The van der Waals surface area contributed by atoms with Gasteiger partial charge in [0, 0.05) is 17.0 Å². The molecule has 0 saturated carbocycles. The number of carbonyl (C=O) groups excluding carboxylic acids is 1. The van der Waals surface area contributed by atoms with E-state index in [-0.39, 0.29) is 23.0 Å². The SMILES string of the molecule is CC1(C)CC(=O)N2N1C1C(=C(c3ccc(Cl)cc3)c3ccccc31)C2(C)C. The molecule has 27 heavy (non-hydrogen) atoms. The van der Waals surface area contributed by atoms with Crippen molar-refractivity contribution >= 4 is 23.1 Å². The first-order chi connectivity index (χ1) is 12.7. The Bertz CT molecular complexity index is 1000. The van der Waals surface area contributed by atoms with E-state index in [2.05, 4.69) is 69.1 Å². The summed E-state index contributed by atoms with van der Waals surface area (Å²) in [7, 11) is 0. The molecule has 1 atom stereocenters. The summed E-state index contributed by atoms with van der Waals surface area (Å²) in [5.74, 6) is 0.208.